The summed E-state index contributed by atoms with van der Waals surface area (Å²) >= 11 is 0. The average molecular weight is 213 g/mol. The predicted octanol–water partition coefficient (Wildman–Crippen LogP) is 2.13. The summed E-state index contributed by atoms with van der Waals surface area (Å²) in [6.07, 6.45) is 2.41. The number of carbonyl (C=O) groups is 1. The Morgan fingerprint density at radius 1 is 1.40 bits per heavy atom. The lowest BCUT2D eigenvalue weighted by Crippen LogP contribution is -2.22. The Bertz CT molecular complexity index is 200. The Hall–Kier alpha value is -0.830. The Labute approximate surface area is 92.9 Å². The standard InChI is InChI=1S/C12H23NO2/c1-10(2)6-5-7-13-8-9-15-12(14)11(3)4/h10,13H,3,5-9H2,1-2,4H3. The second-order valence-electron chi connectivity index (χ2n) is 4.20. The van der Waals surface area contributed by atoms with Gasteiger partial charge in [0.1, 0.15) is 6.61 Å². The second kappa shape index (κ2) is 8.48. The van der Waals surface area contributed by atoms with Crippen LogP contribution in [0.5, 0.6) is 0 Å². The van der Waals surface area contributed by atoms with Crippen molar-refractivity contribution in [2.45, 2.75) is 33.6 Å². The first kappa shape index (κ1) is 14.2. The quantitative estimate of drug-likeness (QED) is 0.381. The first-order valence-corrected chi connectivity index (χ1v) is 5.57. The molecular formula is C12H23NO2. The molecule has 0 aromatic carbocycles. The molecule has 0 atom stereocenters. The van der Waals surface area contributed by atoms with Gasteiger partial charge < -0.3 is 10.1 Å². The van der Waals surface area contributed by atoms with E-state index in [-0.39, 0.29) is 5.97 Å². The van der Waals surface area contributed by atoms with Crippen molar-refractivity contribution in [2.75, 3.05) is 19.7 Å². The van der Waals surface area contributed by atoms with Crippen LogP contribution in [0.3, 0.4) is 0 Å². The zero-order chi connectivity index (χ0) is 11.7. The number of ether oxygens (including phenoxy) is 1. The molecule has 0 unspecified atom stereocenters. The number of carbonyl (C=O) groups excluding carboxylic acids is 1. The Morgan fingerprint density at radius 2 is 2.07 bits per heavy atom. The fourth-order valence-corrected chi connectivity index (χ4v) is 1.10. The molecule has 0 bridgehead atoms. The van der Waals surface area contributed by atoms with Gasteiger partial charge in [0.2, 0.25) is 0 Å². The van der Waals surface area contributed by atoms with Gasteiger partial charge in [0.05, 0.1) is 0 Å². The van der Waals surface area contributed by atoms with Gasteiger partial charge in [-0.25, -0.2) is 4.79 Å². The van der Waals surface area contributed by atoms with Gasteiger partial charge in [-0.1, -0.05) is 20.4 Å². The minimum absolute atomic E-state index is 0.306. The van der Waals surface area contributed by atoms with Crippen molar-refractivity contribution in [3.8, 4) is 0 Å². The molecule has 0 fully saturated rings. The first-order valence-electron chi connectivity index (χ1n) is 5.57. The monoisotopic (exact) mass is 213 g/mol. The van der Waals surface area contributed by atoms with Crippen molar-refractivity contribution in [1.82, 2.24) is 5.32 Å². The minimum Gasteiger partial charge on any atom is -0.461 e. The molecule has 1 N–H and O–H groups in total. The van der Waals surface area contributed by atoms with Crippen LogP contribution in [0.2, 0.25) is 0 Å². The highest BCUT2D eigenvalue weighted by atomic mass is 16.5. The van der Waals surface area contributed by atoms with E-state index < -0.39 is 0 Å². The van der Waals surface area contributed by atoms with Crippen molar-refractivity contribution >= 4 is 5.97 Å². The molecule has 0 saturated carbocycles. The van der Waals surface area contributed by atoms with E-state index in [9.17, 15) is 4.79 Å². The summed E-state index contributed by atoms with van der Waals surface area (Å²) < 4.78 is 4.93. The van der Waals surface area contributed by atoms with Crippen LogP contribution < -0.4 is 5.32 Å². The molecule has 0 radical (unpaired) electrons. The summed E-state index contributed by atoms with van der Waals surface area (Å²) in [7, 11) is 0. The molecule has 0 aliphatic heterocycles. The van der Waals surface area contributed by atoms with E-state index in [1.165, 1.54) is 12.8 Å². The van der Waals surface area contributed by atoms with E-state index in [4.69, 9.17) is 4.74 Å². The summed E-state index contributed by atoms with van der Waals surface area (Å²) in [5, 5.41) is 3.23. The largest absolute Gasteiger partial charge is 0.461 e. The third-order valence-electron chi connectivity index (χ3n) is 2.00. The maximum absolute atomic E-state index is 11.0. The summed E-state index contributed by atoms with van der Waals surface area (Å²) in [5.74, 6) is 0.451. The highest BCUT2D eigenvalue weighted by Crippen LogP contribution is 2.01. The molecule has 88 valence electrons. The average Bonchev–Trinajstić information content (AvgIpc) is 2.15. The van der Waals surface area contributed by atoms with Crippen molar-refractivity contribution in [2.24, 2.45) is 5.92 Å². The number of rotatable bonds is 8. The molecule has 0 heterocycles. The van der Waals surface area contributed by atoms with Gasteiger partial charge in [-0.05, 0) is 32.2 Å². The zero-order valence-corrected chi connectivity index (χ0v) is 10.1. The van der Waals surface area contributed by atoms with Gasteiger partial charge in [-0.15, -0.1) is 0 Å². The summed E-state index contributed by atoms with van der Waals surface area (Å²) in [5.41, 5.74) is 0.454. The van der Waals surface area contributed by atoms with E-state index in [1.54, 1.807) is 6.92 Å². The van der Waals surface area contributed by atoms with E-state index >= 15 is 0 Å². The summed E-state index contributed by atoms with van der Waals surface area (Å²) in [4.78, 5) is 11.0. The number of hydrogen-bond acceptors (Lipinski definition) is 3. The van der Waals surface area contributed by atoms with E-state index in [0.29, 0.717) is 12.2 Å². The molecule has 0 aliphatic rings. The molecule has 0 spiro atoms. The van der Waals surface area contributed by atoms with Gasteiger partial charge in [0.25, 0.3) is 0 Å². The third kappa shape index (κ3) is 9.47. The Morgan fingerprint density at radius 3 is 2.60 bits per heavy atom. The predicted molar refractivity (Wildman–Crippen MR) is 62.7 cm³/mol. The normalized spacial score (nSPS) is 10.4. The maximum Gasteiger partial charge on any atom is 0.333 e. The van der Waals surface area contributed by atoms with Gasteiger partial charge in [0.15, 0.2) is 0 Å². The molecule has 15 heavy (non-hydrogen) atoms. The molecule has 0 rings (SSSR count). The molecule has 0 aliphatic carbocycles. The molecule has 0 saturated heterocycles. The van der Waals surface area contributed by atoms with Gasteiger partial charge in [-0.2, -0.15) is 0 Å². The van der Waals surface area contributed by atoms with Gasteiger partial charge >= 0.3 is 5.97 Å². The number of esters is 1. The van der Waals surface area contributed by atoms with E-state index in [2.05, 4.69) is 25.7 Å². The molecule has 3 heteroatoms. The van der Waals surface area contributed by atoms with Crippen LogP contribution in [0.25, 0.3) is 0 Å². The summed E-state index contributed by atoms with van der Waals surface area (Å²) in [6.45, 7) is 11.7. The van der Waals surface area contributed by atoms with Crippen molar-refractivity contribution < 1.29 is 9.53 Å². The minimum atomic E-state index is -0.306. The fourth-order valence-electron chi connectivity index (χ4n) is 1.10. The topological polar surface area (TPSA) is 38.3 Å². The highest BCUT2D eigenvalue weighted by Gasteiger charge is 2.01. The molecule has 3 nitrogen and oxygen atoms in total. The lowest BCUT2D eigenvalue weighted by atomic mass is 10.1. The van der Waals surface area contributed by atoms with Crippen LogP contribution in [0.1, 0.15) is 33.6 Å². The van der Waals surface area contributed by atoms with Gasteiger partial charge in [-0.3, -0.25) is 0 Å². The van der Waals surface area contributed by atoms with Crippen molar-refractivity contribution in [3.05, 3.63) is 12.2 Å². The maximum atomic E-state index is 11.0. The van der Waals surface area contributed by atoms with Crippen molar-refractivity contribution in [1.29, 1.82) is 0 Å². The number of hydrogen-bond donors (Lipinski definition) is 1. The second-order valence-corrected chi connectivity index (χ2v) is 4.20. The highest BCUT2D eigenvalue weighted by molar-refractivity contribution is 5.86. The van der Waals surface area contributed by atoms with Gasteiger partial charge in [0, 0.05) is 12.1 Å². The lowest BCUT2D eigenvalue weighted by Gasteiger charge is -2.07. The SMILES string of the molecule is C=C(C)C(=O)OCCNCCCC(C)C. The fraction of sp³-hybridized carbons (Fsp3) is 0.750. The lowest BCUT2D eigenvalue weighted by molar-refractivity contribution is -0.138. The van der Waals surface area contributed by atoms with Crippen LogP contribution in [0.15, 0.2) is 12.2 Å². The number of nitrogens with one attached hydrogen (secondary N) is 1. The van der Waals surface area contributed by atoms with Crippen molar-refractivity contribution in [3.63, 3.8) is 0 Å². The van der Waals surface area contributed by atoms with Crippen LogP contribution in [0.4, 0.5) is 0 Å². The molecule has 0 amide bonds. The molecule has 0 aromatic rings. The first-order chi connectivity index (χ1) is 7.04. The van der Waals surface area contributed by atoms with Crippen LogP contribution in [0, 0.1) is 5.92 Å². The molecule has 0 aromatic heterocycles. The van der Waals surface area contributed by atoms with E-state index in [1.807, 2.05) is 0 Å². The van der Waals surface area contributed by atoms with Crippen LogP contribution in [-0.2, 0) is 9.53 Å². The Balaban J connectivity index is 3.18. The van der Waals surface area contributed by atoms with E-state index in [0.717, 1.165) is 19.0 Å². The third-order valence-corrected chi connectivity index (χ3v) is 2.00. The zero-order valence-electron chi connectivity index (χ0n) is 10.1. The molecular weight excluding hydrogens is 190 g/mol. The summed E-state index contributed by atoms with van der Waals surface area (Å²) in [6, 6.07) is 0. The smallest absolute Gasteiger partial charge is 0.333 e. The Kier molecular flexibility index (Phi) is 8.01. The van der Waals surface area contributed by atoms with Crippen LogP contribution >= 0.6 is 0 Å². The van der Waals surface area contributed by atoms with Crippen LogP contribution in [-0.4, -0.2) is 25.7 Å².